The molecule has 0 fully saturated rings. The lowest BCUT2D eigenvalue weighted by molar-refractivity contribution is 0.104. The highest BCUT2D eigenvalue weighted by Crippen LogP contribution is 2.40. The van der Waals surface area contributed by atoms with Crippen LogP contribution in [-0.2, 0) is 0 Å². The van der Waals surface area contributed by atoms with E-state index in [1.807, 2.05) is 31.2 Å². The molecule has 0 aliphatic carbocycles. The summed E-state index contributed by atoms with van der Waals surface area (Å²) in [6.45, 7) is 2.38. The van der Waals surface area contributed by atoms with Gasteiger partial charge in [0.2, 0.25) is 5.78 Å². The molecule has 0 aliphatic heterocycles. The van der Waals surface area contributed by atoms with Gasteiger partial charge in [-0.1, -0.05) is 35.3 Å². The molecule has 142 valence electrons. The van der Waals surface area contributed by atoms with Gasteiger partial charge in [0.25, 0.3) is 0 Å². The van der Waals surface area contributed by atoms with Crippen LogP contribution in [-0.4, -0.2) is 12.4 Å². The molecule has 0 saturated carbocycles. The van der Waals surface area contributed by atoms with Gasteiger partial charge in [-0.15, -0.1) is 11.3 Å². The summed E-state index contributed by atoms with van der Waals surface area (Å²) in [6, 6.07) is 14.0. The Morgan fingerprint density at radius 3 is 2.68 bits per heavy atom. The minimum Gasteiger partial charge on any atom is -0.492 e. The summed E-state index contributed by atoms with van der Waals surface area (Å²) in [5.74, 6) is 0.307. The Labute approximate surface area is 176 Å². The van der Waals surface area contributed by atoms with Crippen LogP contribution < -0.4 is 15.8 Å². The number of hydrogen-bond acceptors (Lipinski definition) is 6. The van der Waals surface area contributed by atoms with Crippen molar-refractivity contribution in [2.75, 3.05) is 17.7 Å². The van der Waals surface area contributed by atoms with E-state index in [0.29, 0.717) is 33.6 Å². The van der Waals surface area contributed by atoms with E-state index in [1.54, 1.807) is 12.1 Å². The molecule has 0 bridgehead atoms. The van der Waals surface area contributed by atoms with Crippen LogP contribution in [0.25, 0.3) is 0 Å². The fraction of sp³-hybridized carbons (Fsp3) is 0.100. The lowest BCUT2D eigenvalue weighted by Gasteiger charge is -2.11. The molecule has 0 aliphatic rings. The molecule has 0 unspecified atom stereocenters. The number of para-hydroxylation sites is 2. The topological polar surface area (TPSA) is 88.1 Å². The lowest BCUT2D eigenvalue weighted by atomic mass is 10.1. The highest BCUT2D eigenvalue weighted by Gasteiger charge is 2.23. The summed E-state index contributed by atoms with van der Waals surface area (Å²) in [5, 5.41) is 13.8. The van der Waals surface area contributed by atoms with Crippen LogP contribution in [0.15, 0.2) is 42.5 Å². The van der Waals surface area contributed by atoms with Crippen LogP contribution in [0.4, 0.5) is 16.4 Å². The van der Waals surface area contributed by atoms with E-state index >= 15 is 0 Å². The second-order valence-electron chi connectivity index (χ2n) is 5.67. The van der Waals surface area contributed by atoms with Crippen molar-refractivity contribution >= 4 is 56.7 Å². The Balaban J connectivity index is 2.00. The maximum atomic E-state index is 12.9. The van der Waals surface area contributed by atoms with Crippen molar-refractivity contribution in [3.8, 4) is 11.8 Å². The summed E-state index contributed by atoms with van der Waals surface area (Å²) < 4.78 is 5.59. The van der Waals surface area contributed by atoms with E-state index in [4.69, 9.17) is 33.7 Å². The molecule has 2 aromatic carbocycles. The first-order chi connectivity index (χ1) is 13.5. The fourth-order valence-electron chi connectivity index (χ4n) is 2.55. The minimum atomic E-state index is -0.330. The van der Waals surface area contributed by atoms with E-state index in [-0.39, 0.29) is 26.9 Å². The average Bonchev–Trinajstić information content (AvgIpc) is 3.00. The van der Waals surface area contributed by atoms with Crippen LogP contribution >= 0.6 is 34.5 Å². The number of nitrogens with one attached hydrogen (secondary N) is 1. The molecule has 5 nitrogen and oxygen atoms in total. The van der Waals surface area contributed by atoms with Crippen LogP contribution in [0.2, 0.25) is 10.0 Å². The van der Waals surface area contributed by atoms with Gasteiger partial charge in [0, 0.05) is 5.56 Å². The number of hydrogen-bond donors (Lipinski definition) is 2. The Kier molecular flexibility index (Phi) is 6.10. The van der Waals surface area contributed by atoms with Crippen molar-refractivity contribution in [3.05, 3.63) is 68.5 Å². The van der Waals surface area contributed by atoms with Gasteiger partial charge in [0.1, 0.15) is 27.3 Å². The zero-order chi connectivity index (χ0) is 20.3. The Bertz CT molecular complexity index is 1090. The maximum absolute atomic E-state index is 12.9. The van der Waals surface area contributed by atoms with E-state index in [2.05, 4.69) is 11.4 Å². The number of nitrogens with two attached hydrogens (primary N) is 1. The van der Waals surface area contributed by atoms with Gasteiger partial charge in [-0.3, -0.25) is 4.79 Å². The third kappa shape index (κ3) is 3.92. The van der Waals surface area contributed by atoms with Crippen LogP contribution in [0.1, 0.15) is 27.7 Å². The van der Waals surface area contributed by atoms with Crippen molar-refractivity contribution in [2.45, 2.75) is 6.92 Å². The molecule has 3 rings (SSSR count). The Morgan fingerprint density at radius 1 is 1.25 bits per heavy atom. The Morgan fingerprint density at radius 2 is 2.00 bits per heavy atom. The zero-order valence-electron chi connectivity index (χ0n) is 14.8. The van der Waals surface area contributed by atoms with Gasteiger partial charge < -0.3 is 15.8 Å². The van der Waals surface area contributed by atoms with Crippen LogP contribution in [0, 0.1) is 11.3 Å². The van der Waals surface area contributed by atoms with Gasteiger partial charge in [0.15, 0.2) is 0 Å². The van der Waals surface area contributed by atoms with Crippen molar-refractivity contribution in [2.24, 2.45) is 0 Å². The van der Waals surface area contributed by atoms with Gasteiger partial charge in [-0.2, -0.15) is 5.26 Å². The second kappa shape index (κ2) is 8.53. The number of thiophene rings is 1. The quantitative estimate of drug-likeness (QED) is 0.475. The van der Waals surface area contributed by atoms with E-state index in [1.165, 1.54) is 6.07 Å². The average molecular weight is 432 g/mol. The predicted octanol–water partition coefficient (Wildman–Crippen LogP) is 5.88. The molecular formula is C20H15Cl2N3O2S. The maximum Gasteiger partial charge on any atom is 0.205 e. The van der Waals surface area contributed by atoms with Crippen molar-refractivity contribution < 1.29 is 9.53 Å². The molecule has 3 N–H and O–H groups in total. The number of rotatable bonds is 6. The molecule has 0 radical (unpaired) electrons. The first-order valence-corrected chi connectivity index (χ1v) is 9.84. The summed E-state index contributed by atoms with van der Waals surface area (Å²) in [4.78, 5) is 13.2. The van der Waals surface area contributed by atoms with Gasteiger partial charge in [0.05, 0.1) is 28.0 Å². The minimum absolute atomic E-state index is 0.125. The number of halogens is 2. The first kappa shape index (κ1) is 20.0. The number of anilines is 3. The fourth-order valence-corrected chi connectivity index (χ4v) is 3.90. The molecule has 0 spiro atoms. The summed E-state index contributed by atoms with van der Waals surface area (Å²) in [5.41, 5.74) is 7.46. The molecule has 8 heteroatoms. The van der Waals surface area contributed by atoms with Crippen molar-refractivity contribution in [3.63, 3.8) is 0 Å². The third-order valence-electron chi connectivity index (χ3n) is 3.88. The van der Waals surface area contributed by atoms with Crippen molar-refractivity contribution in [1.82, 2.24) is 0 Å². The molecule has 3 aromatic rings. The monoisotopic (exact) mass is 431 g/mol. The SMILES string of the molecule is CCOc1ccccc1Nc1sc(C(=O)c2ccc(Cl)c(Cl)c2)c(N)c1C#N. The van der Waals surface area contributed by atoms with Crippen LogP contribution in [0.5, 0.6) is 5.75 Å². The summed E-state index contributed by atoms with van der Waals surface area (Å²) in [6.07, 6.45) is 0. The number of nitrogens with zero attached hydrogens (tertiary/aromatic N) is 1. The van der Waals surface area contributed by atoms with Crippen LogP contribution in [0.3, 0.4) is 0 Å². The lowest BCUT2D eigenvalue weighted by Crippen LogP contribution is -2.02. The first-order valence-electron chi connectivity index (χ1n) is 8.27. The molecule has 28 heavy (non-hydrogen) atoms. The number of benzene rings is 2. The highest BCUT2D eigenvalue weighted by molar-refractivity contribution is 7.19. The second-order valence-corrected chi connectivity index (χ2v) is 7.51. The molecular weight excluding hydrogens is 417 g/mol. The van der Waals surface area contributed by atoms with E-state index < -0.39 is 0 Å². The number of carbonyl (C=O) groups excluding carboxylic acids is 1. The zero-order valence-corrected chi connectivity index (χ0v) is 17.1. The third-order valence-corrected chi connectivity index (χ3v) is 5.74. The Hall–Kier alpha value is -2.72. The number of nitriles is 1. The molecule has 1 aromatic heterocycles. The molecule has 0 atom stereocenters. The number of ketones is 1. The number of ether oxygens (including phenoxy) is 1. The van der Waals surface area contributed by atoms with Crippen molar-refractivity contribution in [1.29, 1.82) is 5.26 Å². The largest absolute Gasteiger partial charge is 0.492 e. The smallest absolute Gasteiger partial charge is 0.205 e. The predicted molar refractivity (Wildman–Crippen MR) is 114 cm³/mol. The number of carbonyl (C=O) groups is 1. The van der Waals surface area contributed by atoms with Gasteiger partial charge in [-0.25, -0.2) is 0 Å². The molecule has 1 heterocycles. The van der Waals surface area contributed by atoms with E-state index in [0.717, 1.165) is 11.3 Å². The molecule has 0 amide bonds. The summed E-state index contributed by atoms with van der Waals surface area (Å²) >= 11 is 13.0. The van der Waals surface area contributed by atoms with Gasteiger partial charge in [-0.05, 0) is 37.3 Å². The summed E-state index contributed by atoms with van der Waals surface area (Å²) in [7, 11) is 0. The molecule has 0 saturated heterocycles. The standard InChI is InChI=1S/C20H15Cl2N3O2S/c1-2-27-16-6-4-3-5-15(16)25-20-12(10-23)17(24)19(28-20)18(26)11-7-8-13(21)14(22)9-11/h3-9,25H,2,24H2,1H3. The van der Waals surface area contributed by atoms with Gasteiger partial charge >= 0.3 is 0 Å². The highest BCUT2D eigenvalue weighted by atomic mass is 35.5. The number of nitrogen functional groups attached to an aromatic ring is 1. The van der Waals surface area contributed by atoms with E-state index in [9.17, 15) is 10.1 Å². The normalized spacial score (nSPS) is 10.4.